The van der Waals surface area contributed by atoms with Crippen molar-refractivity contribution in [1.29, 1.82) is 0 Å². The minimum atomic E-state index is 0.0109. The number of carbonyl (C=O) groups is 1. The molecule has 25 heavy (non-hydrogen) atoms. The zero-order chi connectivity index (χ0) is 17.5. The van der Waals surface area contributed by atoms with E-state index in [1.54, 1.807) is 12.4 Å². The Kier molecular flexibility index (Phi) is 5.99. The number of hydrogen-bond acceptors (Lipinski definition) is 4. The zero-order valence-corrected chi connectivity index (χ0v) is 14.8. The number of amides is 1. The van der Waals surface area contributed by atoms with Gasteiger partial charge in [0, 0.05) is 31.5 Å². The van der Waals surface area contributed by atoms with Gasteiger partial charge in [-0.25, -0.2) is 9.97 Å². The van der Waals surface area contributed by atoms with E-state index in [0.29, 0.717) is 6.54 Å². The first-order valence-electron chi connectivity index (χ1n) is 9.08. The molecule has 2 heterocycles. The number of nitrogens with one attached hydrogen (secondary N) is 1. The number of piperidine rings is 1. The van der Waals surface area contributed by atoms with E-state index < -0.39 is 0 Å². The first kappa shape index (κ1) is 17.4. The molecule has 0 aliphatic carbocycles. The normalized spacial score (nSPS) is 18.6. The highest BCUT2D eigenvalue weighted by molar-refractivity contribution is 5.79. The lowest BCUT2D eigenvalue weighted by Crippen LogP contribution is -2.45. The highest BCUT2D eigenvalue weighted by atomic mass is 16.2. The molecule has 1 aliphatic heterocycles. The van der Waals surface area contributed by atoms with Crippen molar-refractivity contribution in [2.24, 2.45) is 5.92 Å². The fourth-order valence-corrected chi connectivity index (χ4v) is 3.29. The van der Waals surface area contributed by atoms with Crippen LogP contribution in [0.1, 0.15) is 31.7 Å². The van der Waals surface area contributed by atoms with E-state index in [9.17, 15) is 4.79 Å². The second kappa shape index (κ2) is 8.60. The van der Waals surface area contributed by atoms with Gasteiger partial charge in [-0.2, -0.15) is 0 Å². The predicted octanol–water partition coefficient (Wildman–Crippen LogP) is 2.83. The van der Waals surface area contributed by atoms with Crippen LogP contribution in [0.15, 0.2) is 48.8 Å². The molecule has 2 unspecified atom stereocenters. The van der Waals surface area contributed by atoms with Crippen molar-refractivity contribution in [3.8, 4) is 0 Å². The second-order valence-corrected chi connectivity index (χ2v) is 6.77. The first-order valence-corrected chi connectivity index (χ1v) is 9.08. The van der Waals surface area contributed by atoms with Crippen molar-refractivity contribution in [1.82, 2.24) is 15.3 Å². The van der Waals surface area contributed by atoms with Crippen molar-refractivity contribution in [3.63, 3.8) is 0 Å². The Balaban J connectivity index is 1.48. The smallest absolute Gasteiger partial charge is 0.225 e. The summed E-state index contributed by atoms with van der Waals surface area (Å²) in [6.07, 6.45) is 7.36. The van der Waals surface area contributed by atoms with Gasteiger partial charge >= 0.3 is 0 Å². The predicted molar refractivity (Wildman–Crippen MR) is 99.3 cm³/mol. The van der Waals surface area contributed by atoms with E-state index in [0.717, 1.165) is 38.2 Å². The summed E-state index contributed by atoms with van der Waals surface area (Å²) in [7, 11) is 0. The molecule has 132 valence electrons. The van der Waals surface area contributed by atoms with Crippen LogP contribution < -0.4 is 10.2 Å². The molecule has 2 atom stereocenters. The zero-order valence-electron chi connectivity index (χ0n) is 14.8. The SMILES string of the molecule is CC(CCc1ccccc1)NC(=O)C1CCCN(c2ncccn2)C1. The lowest BCUT2D eigenvalue weighted by atomic mass is 9.96. The maximum Gasteiger partial charge on any atom is 0.225 e. The largest absolute Gasteiger partial charge is 0.353 e. The van der Waals surface area contributed by atoms with Crippen LogP contribution in [0.2, 0.25) is 0 Å². The average molecular weight is 338 g/mol. The van der Waals surface area contributed by atoms with Crippen LogP contribution in [-0.2, 0) is 11.2 Å². The maximum absolute atomic E-state index is 12.6. The molecular weight excluding hydrogens is 312 g/mol. The lowest BCUT2D eigenvalue weighted by Gasteiger charge is -2.32. The quantitative estimate of drug-likeness (QED) is 0.880. The Hall–Kier alpha value is -2.43. The highest BCUT2D eigenvalue weighted by Gasteiger charge is 2.27. The van der Waals surface area contributed by atoms with Crippen LogP contribution >= 0.6 is 0 Å². The molecule has 1 aromatic heterocycles. The molecule has 0 saturated carbocycles. The molecule has 3 rings (SSSR count). The molecule has 1 saturated heterocycles. The van der Waals surface area contributed by atoms with Crippen molar-refractivity contribution >= 4 is 11.9 Å². The number of carbonyl (C=O) groups excluding carboxylic acids is 1. The molecule has 2 aromatic rings. The van der Waals surface area contributed by atoms with Crippen LogP contribution in [0.3, 0.4) is 0 Å². The number of aromatic nitrogens is 2. The van der Waals surface area contributed by atoms with Gasteiger partial charge in [-0.15, -0.1) is 0 Å². The van der Waals surface area contributed by atoms with E-state index in [1.165, 1.54) is 5.56 Å². The van der Waals surface area contributed by atoms with Gasteiger partial charge in [-0.3, -0.25) is 4.79 Å². The van der Waals surface area contributed by atoms with Gasteiger partial charge < -0.3 is 10.2 Å². The molecule has 1 fully saturated rings. The average Bonchev–Trinajstić information content (AvgIpc) is 2.68. The third-order valence-electron chi connectivity index (χ3n) is 4.72. The van der Waals surface area contributed by atoms with Gasteiger partial charge in [0.25, 0.3) is 0 Å². The molecule has 1 amide bonds. The van der Waals surface area contributed by atoms with E-state index in [2.05, 4.69) is 51.4 Å². The van der Waals surface area contributed by atoms with E-state index in [-0.39, 0.29) is 17.9 Å². The summed E-state index contributed by atoms with van der Waals surface area (Å²) in [6.45, 7) is 3.69. The van der Waals surface area contributed by atoms with Crippen molar-refractivity contribution in [3.05, 3.63) is 54.4 Å². The Labute approximate surface area is 149 Å². The molecule has 1 aromatic carbocycles. The lowest BCUT2D eigenvalue weighted by molar-refractivity contribution is -0.125. The second-order valence-electron chi connectivity index (χ2n) is 6.77. The number of benzene rings is 1. The Morgan fingerprint density at radius 3 is 2.76 bits per heavy atom. The molecule has 0 radical (unpaired) electrons. The molecule has 5 nitrogen and oxygen atoms in total. The molecule has 1 N–H and O–H groups in total. The molecule has 1 aliphatic rings. The van der Waals surface area contributed by atoms with Gasteiger partial charge in [0.15, 0.2) is 0 Å². The van der Waals surface area contributed by atoms with Gasteiger partial charge in [0.2, 0.25) is 11.9 Å². The first-order chi connectivity index (χ1) is 12.2. The summed E-state index contributed by atoms with van der Waals surface area (Å²) < 4.78 is 0. The summed E-state index contributed by atoms with van der Waals surface area (Å²) in [6, 6.07) is 12.4. The summed E-state index contributed by atoms with van der Waals surface area (Å²) in [5.41, 5.74) is 1.31. The Bertz CT molecular complexity index is 662. The van der Waals surface area contributed by atoms with Gasteiger partial charge in [-0.05, 0) is 44.2 Å². The number of aryl methyl sites for hydroxylation is 1. The van der Waals surface area contributed by atoms with Crippen LogP contribution in [-0.4, -0.2) is 35.0 Å². The van der Waals surface area contributed by atoms with Crippen LogP contribution in [0.4, 0.5) is 5.95 Å². The monoisotopic (exact) mass is 338 g/mol. The Morgan fingerprint density at radius 2 is 2.00 bits per heavy atom. The number of hydrogen-bond donors (Lipinski definition) is 1. The molecule has 0 spiro atoms. The van der Waals surface area contributed by atoms with Crippen molar-refractivity contribution in [2.75, 3.05) is 18.0 Å². The number of nitrogens with zero attached hydrogens (tertiary/aromatic N) is 3. The number of rotatable bonds is 6. The summed E-state index contributed by atoms with van der Waals surface area (Å²) in [4.78, 5) is 23.3. The van der Waals surface area contributed by atoms with Crippen molar-refractivity contribution < 1.29 is 4.79 Å². The Morgan fingerprint density at radius 1 is 1.24 bits per heavy atom. The minimum absolute atomic E-state index is 0.0109. The fourth-order valence-electron chi connectivity index (χ4n) is 3.29. The molecule has 0 bridgehead atoms. The van der Waals surface area contributed by atoms with Gasteiger partial charge in [0.1, 0.15) is 0 Å². The highest BCUT2D eigenvalue weighted by Crippen LogP contribution is 2.20. The third-order valence-corrected chi connectivity index (χ3v) is 4.72. The topological polar surface area (TPSA) is 58.1 Å². The fraction of sp³-hybridized carbons (Fsp3) is 0.450. The standard InChI is InChI=1S/C20H26N4O/c1-16(10-11-17-7-3-2-4-8-17)23-19(25)18-9-5-14-24(15-18)20-21-12-6-13-22-20/h2-4,6-8,12-13,16,18H,5,9-11,14-15H2,1H3,(H,23,25). The summed E-state index contributed by atoms with van der Waals surface area (Å²) in [5, 5.41) is 3.19. The van der Waals surface area contributed by atoms with Gasteiger partial charge in [-0.1, -0.05) is 30.3 Å². The van der Waals surface area contributed by atoms with E-state index in [1.807, 2.05) is 12.1 Å². The van der Waals surface area contributed by atoms with Crippen LogP contribution in [0.25, 0.3) is 0 Å². The maximum atomic E-state index is 12.6. The molecular formula is C20H26N4O. The summed E-state index contributed by atoms with van der Waals surface area (Å²) in [5.74, 6) is 0.884. The van der Waals surface area contributed by atoms with E-state index in [4.69, 9.17) is 0 Å². The van der Waals surface area contributed by atoms with E-state index >= 15 is 0 Å². The minimum Gasteiger partial charge on any atom is -0.353 e. The van der Waals surface area contributed by atoms with Crippen LogP contribution in [0, 0.1) is 5.92 Å². The molecule has 5 heteroatoms. The third kappa shape index (κ3) is 5.02. The summed E-state index contributed by atoms with van der Waals surface area (Å²) >= 11 is 0. The van der Waals surface area contributed by atoms with Crippen LogP contribution in [0.5, 0.6) is 0 Å². The van der Waals surface area contributed by atoms with Gasteiger partial charge in [0.05, 0.1) is 5.92 Å². The number of anilines is 1. The van der Waals surface area contributed by atoms with Crippen molar-refractivity contribution in [2.45, 2.75) is 38.6 Å².